The van der Waals surface area contributed by atoms with Gasteiger partial charge in [-0.15, -0.1) is 0 Å². The van der Waals surface area contributed by atoms with E-state index in [1.165, 1.54) is 74.8 Å². The molecule has 0 amide bonds. The van der Waals surface area contributed by atoms with E-state index in [4.69, 9.17) is 4.99 Å². The number of aliphatic imine (C=N–C) groups is 1. The van der Waals surface area contributed by atoms with Crippen molar-refractivity contribution in [3.63, 3.8) is 0 Å². The fourth-order valence-corrected chi connectivity index (χ4v) is 4.51. The van der Waals surface area contributed by atoms with E-state index in [1.54, 1.807) is 0 Å². The number of allylic oxidation sites excluding steroid dienone is 3. The van der Waals surface area contributed by atoms with Crippen molar-refractivity contribution in [3.05, 3.63) is 23.4 Å². The van der Waals surface area contributed by atoms with Crippen LogP contribution in [-0.4, -0.2) is 19.3 Å². The van der Waals surface area contributed by atoms with Crippen molar-refractivity contribution in [2.45, 2.75) is 85.0 Å². The van der Waals surface area contributed by atoms with Crippen molar-refractivity contribution in [1.82, 2.24) is 5.32 Å². The molecule has 0 aromatic rings. The van der Waals surface area contributed by atoms with Crippen LogP contribution in [0.3, 0.4) is 0 Å². The van der Waals surface area contributed by atoms with Crippen molar-refractivity contribution in [2.75, 3.05) is 13.6 Å². The summed E-state index contributed by atoms with van der Waals surface area (Å²) < 4.78 is 0. The molecule has 0 bridgehead atoms. The van der Waals surface area contributed by atoms with Gasteiger partial charge in [-0.05, 0) is 88.9 Å². The Morgan fingerprint density at radius 1 is 1.28 bits per heavy atom. The van der Waals surface area contributed by atoms with Crippen LogP contribution in [0.5, 0.6) is 0 Å². The molecule has 0 aromatic heterocycles. The molecule has 2 aliphatic carbocycles. The van der Waals surface area contributed by atoms with Crippen molar-refractivity contribution >= 4 is 5.71 Å². The molecule has 0 aliphatic heterocycles. The smallest absolute Gasteiger partial charge is 0.0615 e. The summed E-state index contributed by atoms with van der Waals surface area (Å²) >= 11 is 0. The maximum atomic E-state index is 4.95. The first-order valence-corrected chi connectivity index (χ1v) is 10.7. The molecule has 2 unspecified atom stereocenters. The Morgan fingerprint density at radius 3 is 2.68 bits per heavy atom. The Labute approximate surface area is 156 Å². The minimum atomic E-state index is 0.717. The molecule has 2 heteroatoms. The lowest BCUT2D eigenvalue weighted by Gasteiger charge is -2.26. The zero-order chi connectivity index (χ0) is 18.1. The molecule has 25 heavy (non-hydrogen) atoms. The summed E-state index contributed by atoms with van der Waals surface area (Å²) in [5.74, 6) is 2.50. The third kappa shape index (κ3) is 7.09. The van der Waals surface area contributed by atoms with Gasteiger partial charge in [0.15, 0.2) is 0 Å². The average molecular weight is 345 g/mol. The van der Waals surface area contributed by atoms with Crippen LogP contribution in [0.2, 0.25) is 0 Å². The molecule has 1 fully saturated rings. The molecule has 0 heterocycles. The zero-order valence-corrected chi connectivity index (χ0v) is 17.1. The van der Waals surface area contributed by atoms with E-state index < -0.39 is 0 Å². The van der Waals surface area contributed by atoms with Gasteiger partial charge in [0.1, 0.15) is 0 Å². The van der Waals surface area contributed by atoms with Crippen LogP contribution in [0.25, 0.3) is 0 Å². The molecular weight excluding hydrogens is 304 g/mol. The van der Waals surface area contributed by atoms with E-state index in [0.29, 0.717) is 0 Å². The van der Waals surface area contributed by atoms with Gasteiger partial charge in [-0.25, -0.2) is 0 Å². The normalized spacial score (nSPS) is 24.0. The second-order valence-electron chi connectivity index (χ2n) is 8.45. The van der Waals surface area contributed by atoms with E-state index in [9.17, 15) is 0 Å². The van der Waals surface area contributed by atoms with E-state index >= 15 is 0 Å². The molecule has 2 atom stereocenters. The summed E-state index contributed by atoms with van der Waals surface area (Å²) in [5.41, 5.74) is 3.99. The van der Waals surface area contributed by atoms with Crippen molar-refractivity contribution in [2.24, 2.45) is 22.7 Å². The highest BCUT2D eigenvalue weighted by atomic mass is 14.8. The molecular formula is C23H40N2. The standard InChI is InChI=1S/C23H40N2/c1-5-20-13-14-23(18(2)15-20)25-19(3)11-12-22(17-24-4)16-21-9-7-6-8-10-21/h13-14,20-22,24H,5-12,15-17H2,1-4H3. The van der Waals surface area contributed by atoms with Gasteiger partial charge in [-0.3, -0.25) is 4.99 Å². The van der Waals surface area contributed by atoms with Crippen molar-refractivity contribution in [1.29, 1.82) is 0 Å². The Kier molecular flexibility index (Phi) is 8.95. The van der Waals surface area contributed by atoms with Crippen LogP contribution in [0.1, 0.15) is 85.0 Å². The number of nitrogens with one attached hydrogen (secondary N) is 1. The summed E-state index contributed by atoms with van der Waals surface area (Å²) in [5, 5.41) is 3.42. The highest BCUT2D eigenvalue weighted by Crippen LogP contribution is 2.31. The SMILES string of the molecule is CCC1C=CC(N=C(C)CCC(CNC)CC2CCCCC2)=C(C)C1. The van der Waals surface area contributed by atoms with Gasteiger partial charge in [0.05, 0.1) is 5.70 Å². The van der Waals surface area contributed by atoms with Gasteiger partial charge in [0.2, 0.25) is 0 Å². The zero-order valence-electron chi connectivity index (χ0n) is 17.1. The number of rotatable bonds is 9. The summed E-state index contributed by atoms with van der Waals surface area (Å²) in [6.07, 6.45) is 18.1. The average Bonchev–Trinajstić information content (AvgIpc) is 2.62. The Hall–Kier alpha value is -0.890. The Balaban J connectivity index is 1.85. The molecule has 142 valence electrons. The second-order valence-corrected chi connectivity index (χ2v) is 8.45. The molecule has 1 saturated carbocycles. The first-order valence-electron chi connectivity index (χ1n) is 10.7. The first kappa shape index (κ1) is 20.4. The number of nitrogens with zero attached hydrogens (tertiary/aromatic N) is 1. The minimum Gasteiger partial charge on any atom is -0.319 e. The van der Waals surface area contributed by atoms with E-state index in [2.05, 4.69) is 45.3 Å². The van der Waals surface area contributed by atoms with Gasteiger partial charge in [0, 0.05) is 5.71 Å². The molecule has 0 spiro atoms. The molecule has 0 radical (unpaired) electrons. The van der Waals surface area contributed by atoms with Gasteiger partial charge in [-0.2, -0.15) is 0 Å². The lowest BCUT2D eigenvalue weighted by atomic mass is 9.81. The fourth-order valence-electron chi connectivity index (χ4n) is 4.51. The van der Waals surface area contributed by atoms with Gasteiger partial charge in [0.25, 0.3) is 0 Å². The highest BCUT2D eigenvalue weighted by molar-refractivity contribution is 5.83. The summed E-state index contributed by atoms with van der Waals surface area (Å²) in [7, 11) is 2.10. The van der Waals surface area contributed by atoms with Crippen molar-refractivity contribution in [3.8, 4) is 0 Å². The van der Waals surface area contributed by atoms with Crippen LogP contribution in [-0.2, 0) is 0 Å². The molecule has 2 aliphatic rings. The molecule has 1 N–H and O–H groups in total. The van der Waals surface area contributed by atoms with E-state index in [0.717, 1.165) is 30.7 Å². The van der Waals surface area contributed by atoms with Crippen LogP contribution in [0.15, 0.2) is 28.4 Å². The van der Waals surface area contributed by atoms with E-state index in [1.807, 2.05) is 0 Å². The third-order valence-corrected chi connectivity index (χ3v) is 6.17. The summed E-state index contributed by atoms with van der Waals surface area (Å²) in [6.45, 7) is 7.90. The predicted molar refractivity (Wildman–Crippen MR) is 111 cm³/mol. The maximum absolute atomic E-state index is 4.95. The summed E-state index contributed by atoms with van der Waals surface area (Å²) in [4.78, 5) is 4.95. The molecule has 0 saturated heterocycles. The van der Waals surface area contributed by atoms with Crippen LogP contribution in [0, 0.1) is 17.8 Å². The second kappa shape index (κ2) is 11.0. The first-order chi connectivity index (χ1) is 12.1. The number of hydrogen-bond acceptors (Lipinski definition) is 2. The fraction of sp³-hybridized carbons (Fsp3) is 0.783. The minimum absolute atomic E-state index is 0.717. The maximum Gasteiger partial charge on any atom is 0.0615 e. The van der Waals surface area contributed by atoms with Gasteiger partial charge in [-0.1, -0.05) is 45.1 Å². The quantitative estimate of drug-likeness (QED) is 0.488. The molecule has 2 rings (SSSR count). The van der Waals surface area contributed by atoms with Crippen LogP contribution < -0.4 is 5.32 Å². The van der Waals surface area contributed by atoms with Gasteiger partial charge >= 0.3 is 0 Å². The topological polar surface area (TPSA) is 24.4 Å². The number of hydrogen-bond donors (Lipinski definition) is 1. The monoisotopic (exact) mass is 344 g/mol. The molecule has 0 aromatic carbocycles. The van der Waals surface area contributed by atoms with Crippen LogP contribution >= 0.6 is 0 Å². The Bertz CT molecular complexity index is 480. The van der Waals surface area contributed by atoms with Crippen molar-refractivity contribution < 1.29 is 0 Å². The highest BCUT2D eigenvalue weighted by Gasteiger charge is 2.19. The van der Waals surface area contributed by atoms with Crippen LogP contribution in [0.4, 0.5) is 0 Å². The largest absolute Gasteiger partial charge is 0.319 e. The summed E-state index contributed by atoms with van der Waals surface area (Å²) in [6, 6.07) is 0. The third-order valence-electron chi connectivity index (χ3n) is 6.17. The predicted octanol–water partition coefficient (Wildman–Crippen LogP) is 6.29. The lowest BCUT2D eigenvalue weighted by molar-refractivity contribution is 0.277. The molecule has 2 nitrogen and oxygen atoms in total. The van der Waals surface area contributed by atoms with Gasteiger partial charge < -0.3 is 5.32 Å². The van der Waals surface area contributed by atoms with E-state index in [-0.39, 0.29) is 0 Å². The lowest BCUT2D eigenvalue weighted by Crippen LogP contribution is -2.23. The Morgan fingerprint density at radius 2 is 2.04 bits per heavy atom.